The Bertz CT molecular complexity index is 915. The molecule has 0 radical (unpaired) electrons. The number of rotatable bonds is 5. The number of carbonyl (C=O) groups is 1. The first-order chi connectivity index (χ1) is 13.4. The van der Waals surface area contributed by atoms with Crippen LogP contribution < -0.4 is 9.62 Å². The minimum atomic E-state index is -3.75. The van der Waals surface area contributed by atoms with E-state index in [4.69, 9.17) is 0 Å². The lowest BCUT2D eigenvalue weighted by atomic mass is 10.1. The molecular formula is C22H28N2O3S. The molecule has 2 aromatic rings. The second-order valence-corrected chi connectivity index (χ2v) is 9.43. The Kier molecular flexibility index (Phi) is 6.39. The maximum atomic E-state index is 13.0. The maximum Gasteiger partial charge on any atom is 0.264 e. The van der Waals surface area contributed by atoms with Crippen LogP contribution in [0.1, 0.15) is 54.4 Å². The van der Waals surface area contributed by atoms with Crippen LogP contribution >= 0.6 is 0 Å². The van der Waals surface area contributed by atoms with Gasteiger partial charge in [0.25, 0.3) is 15.9 Å². The minimum absolute atomic E-state index is 0.155. The average molecular weight is 401 g/mol. The molecule has 1 N–H and O–H groups in total. The van der Waals surface area contributed by atoms with Gasteiger partial charge in [0, 0.05) is 13.1 Å². The summed E-state index contributed by atoms with van der Waals surface area (Å²) in [6.07, 6.45) is 6.61. The third-order valence-electron chi connectivity index (χ3n) is 5.36. The summed E-state index contributed by atoms with van der Waals surface area (Å²) in [4.78, 5) is 13.1. The van der Waals surface area contributed by atoms with E-state index in [1.54, 1.807) is 48.5 Å². The number of carbonyl (C=O) groups excluding carboxylic acids is 1. The molecule has 0 saturated heterocycles. The van der Waals surface area contributed by atoms with Gasteiger partial charge in [-0.3, -0.25) is 9.10 Å². The zero-order valence-electron chi connectivity index (χ0n) is 16.5. The molecule has 0 atom stereocenters. The molecule has 0 aromatic heterocycles. The van der Waals surface area contributed by atoms with Crippen molar-refractivity contribution in [1.82, 2.24) is 5.32 Å². The molecule has 28 heavy (non-hydrogen) atoms. The Hall–Kier alpha value is -2.34. The van der Waals surface area contributed by atoms with Crippen LogP contribution in [0.2, 0.25) is 0 Å². The van der Waals surface area contributed by atoms with Crippen molar-refractivity contribution in [3.05, 3.63) is 59.7 Å². The molecule has 6 heteroatoms. The smallest absolute Gasteiger partial charge is 0.264 e. The molecule has 0 heterocycles. The number of nitrogens with one attached hydrogen (secondary N) is 1. The number of nitrogens with zero attached hydrogens (tertiary/aromatic N) is 1. The number of amides is 1. The van der Waals surface area contributed by atoms with Gasteiger partial charge in [0.1, 0.15) is 0 Å². The normalized spacial score (nSPS) is 15.6. The first-order valence-electron chi connectivity index (χ1n) is 9.85. The molecule has 0 spiro atoms. The second kappa shape index (κ2) is 8.78. The van der Waals surface area contributed by atoms with Gasteiger partial charge in [-0.25, -0.2) is 8.42 Å². The Morgan fingerprint density at radius 2 is 1.57 bits per heavy atom. The highest BCUT2D eigenvalue weighted by molar-refractivity contribution is 7.92. The van der Waals surface area contributed by atoms with Gasteiger partial charge >= 0.3 is 0 Å². The molecule has 0 aliphatic heterocycles. The van der Waals surface area contributed by atoms with Crippen molar-refractivity contribution in [2.75, 3.05) is 11.4 Å². The van der Waals surface area contributed by atoms with E-state index in [1.807, 2.05) is 6.92 Å². The van der Waals surface area contributed by atoms with Crippen LogP contribution in [0.25, 0.3) is 0 Å². The third kappa shape index (κ3) is 4.55. The third-order valence-corrected chi connectivity index (χ3v) is 7.14. The second-order valence-electron chi connectivity index (χ2n) is 7.46. The number of benzene rings is 2. The molecule has 0 unspecified atom stereocenters. The number of hydrogen-bond acceptors (Lipinski definition) is 3. The van der Waals surface area contributed by atoms with Crippen LogP contribution in [0.15, 0.2) is 53.4 Å². The summed E-state index contributed by atoms with van der Waals surface area (Å²) in [5.74, 6) is -0.214. The van der Waals surface area contributed by atoms with Gasteiger partial charge in [0.2, 0.25) is 0 Å². The molecule has 0 bridgehead atoms. The highest BCUT2D eigenvalue weighted by atomic mass is 32.2. The van der Waals surface area contributed by atoms with Crippen LogP contribution in [0, 0.1) is 6.92 Å². The van der Waals surface area contributed by atoms with Gasteiger partial charge < -0.3 is 5.32 Å². The lowest BCUT2D eigenvalue weighted by molar-refractivity contribution is 0.0934. The van der Waals surface area contributed by atoms with Crippen molar-refractivity contribution in [2.45, 2.75) is 56.4 Å². The highest BCUT2D eigenvalue weighted by Gasteiger charge is 2.26. The fourth-order valence-corrected chi connectivity index (χ4v) is 4.84. The van der Waals surface area contributed by atoms with Crippen LogP contribution in [0.4, 0.5) is 5.69 Å². The Morgan fingerprint density at radius 1 is 0.964 bits per heavy atom. The predicted octanol–water partition coefficient (Wildman–Crippen LogP) is 4.27. The van der Waals surface area contributed by atoms with E-state index in [9.17, 15) is 13.2 Å². The van der Waals surface area contributed by atoms with E-state index in [2.05, 4.69) is 5.32 Å². The lowest BCUT2D eigenvalue weighted by Gasteiger charge is -2.23. The minimum Gasteiger partial charge on any atom is -0.349 e. The number of anilines is 1. The molecule has 1 saturated carbocycles. The summed E-state index contributed by atoms with van der Waals surface area (Å²) in [5, 5.41) is 3.11. The van der Waals surface area contributed by atoms with Crippen molar-refractivity contribution in [2.24, 2.45) is 0 Å². The summed E-state index contributed by atoms with van der Waals surface area (Å²) in [6, 6.07) is 13.7. The van der Waals surface area contributed by atoms with Gasteiger partial charge in [-0.05, 0) is 44.0 Å². The zero-order valence-corrected chi connectivity index (χ0v) is 17.3. The van der Waals surface area contributed by atoms with Gasteiger partial charge in [0.05, 0.1) is 16.1 Å². The van der Waals surface area contributed by atoms with E-state index in [1.165, 1.54) is 24.2 Å². The summed E-state index contributed by atoms with van der Waals surface area (Å²) in [6.45, 7) is 1.91. The van der Waals surface area contributed by atoms with E-state index >= 15 is 0 Å². The molecule has 1 aliphatic rings. The molecule has 1 amide bonds. The Balaban J connectivity index is 1.86. The highest BCUT2D eigenvalue weighted by Crippen LogP contribution is 2.26. The van der Waals surface area contributed by atoms with Crippen LogP contribution in [-0.4, -0.2) is 27.4 Å². The van der Waals surface area contributed by atoms with Crippen molar-refractivity contribution >= 4 is 21.6 Å². The van der Waals surface area contributed by atoms with E-state index in [0.717, 1.165) is 31.2 Å². The molecule has 2 aromatic carbocycles. The van der Waals surface area contributed by atoms with E-state index < -0.39 is 10.0 Å². The number of aryl methyl sites for hydroxylation is 1. The molecule has 1 aliphatic carbocycles. The Morgan fingerprint density at radius 3 is 2.21 bits per heavy atom. The van der Waals surface area contributed by atoms with Crippen LogP contribution in [0.5, 0.6) is 0 Å². The maximum absolute atomic E-state index is 13.0. The SMILES string of the molecule is Cc1ccc(S(=O)(=O)N(C)c2ccccc2C(=O)NC2CCCCCC2)cc1. The standard InChI is InChI=1S/C22H28N2O3S/c1-17-13-15-19(16-14-17)28(26,27)24(2)21-12-8-7-11-20(21)22(25)23-18-9-5-3-4-6-10-18/h7-8,11-16,18H,3-6,9-10H2,1-2H3,(H,23,25). The predicted molar refractivity (Wildman–Crippen MR) is 112 cm³/mol. The van der Waals surface area contributed by atoms with Crippen LogP contribution in [-0.2, 0) is 10.0 Å². The van der Waals surface area contributed by atoms with Crippen molar-refractivity contribution in [3.8, 4) is 0 Å². The summed E-state index contributed by atoms with van der Waals surface area (Å²) >= 11 is 0. The van der Waals surface area contributed by atoms with Gasteiger partial charge in [-0.1, -0.05) is 55.5 Å². The molecule has 3 rings (SSSR count). The first kappa shape index (κ1) is 20.4. The van der Waals surface area contributed by atoms with Crippen molar-refractivity contribution < 1.29 is 13.2 Å². The van der Waals surface area contributed by atoms with Gasteiger partial charge in [0.15, 0.2) is 0 Å². The van der Waals surface area contributed by atoms with E-state index in [-0.39, 0.29) is 16.8 Å². The molecular weight excluding hydrogens is 372 g/mol. The number of para-hydroxylation sites is 1. The average Bonchev–Trinajstić information content (AvgIpc) is 2.96. The van der Waals surface area contributed by atoms with E-state index in [0.29, 0.717) is 11.3 Å². The Labute approximate surface area is 167 Å². The monoisotopic (exact) mass is 400 g/mol. The fourth-order valence-electron chi connectivity index (χ4n) is 3.62. The summed E-state index contributed by atoms with van der Waals surface area (Å²) < 4.78 is 27.3. The van der Waals surface area contributed by atoms with Gasteiger partial charge in [-0.15, -0.1) is 0 Å². The van der Waals surface area contributed by atoms with Crippen LogP contribution in [0.3, 0.4) is 0 Å². The largest absolute Gasteiger partial charge is 0.349 e. The first-order valence-corrected chi connectivity index (χ1v) is 11.3. The molecule has 150 valence electrons. The quantitative estimate of drug-likeness (QED) is 0.762. The summed E-state index contributed by atoms with van der Waals surface area (Å²) in [5.41, 5.74) is 1.75. The lowest BCUT2D eigenvalue weighted by Crippen LogP contribution is -2.36. The number of sulfonamides is 1. The zero-order chi connectivity index (χ0) is 20.1. The van der Waals surface area contributed by atoms with Gasteiger partial charge in [-0.2, -0.15) is 0 Å². The summed E-state index contributed by atoms with van der Waals surface area (Å²) in [7, 11) is -2.26. The fraction of sp³-hybridized carbons (Fsp3) is 0.409. The van der Waals surface area contributed by atoms with Crippen molar-refractivity contribution in [3.63, 3.8) is 0 Å². The topological polar surface area (TPSA) is 66.5 Å². The van der Waals surface area contributed by atoms with Crippen molar-refractivity contribution in [1.29, 1.82) is 0 Å². The number of hydrogen-bond donors (Lipinski definition) is 1. The molecule has 1 fully saturated rings. The molecule has 5 nitrogen and oxygen atoms in total.